The van der Waals surface area contributed by atoms with Gasteiger partial charge in [0, 0.05) is 0 Å². The van der Waals surface area contributed by atoms with Gasteiger partial charge < -0.3 is 4.74 Å². The van der Waals surface area contributed by atoms with Gasteiger partial charge in [-0.3, -0.25) is 0 Å². The monoisotopic (exact) mass is 254 g/mol. The van der Waals surface area contributed by atoms with E-state index in [4.69, 9.17) is 16.3 Å². The minimum absolute atomic E-state index is 0.0834. The Hall–Kier alpha value is -1.13. The third-order valence-electron chi connectivity index (χ3n) is 2.20. The van der Waals surface area contributed by atoms with Crippen molar-refractivity contribution in [2.75, 3.05) is 0 Å². The van der Waals surface area contributed by atoms with E-state index in [9.17, 15) is 0 Å². The fourth-order valence-electron chi connectivity index (χ4n) is 1.39. The molecule has 1 unspecified atom stereocenters. The number of halogens is 1. The molecule has 1 heterocycles. The lowest BCUT2D eigenvalue weighted by molar-refractivity contribution is 0.230. The summed E-state index contributed by atoms with van der Waals surface area (Å²) in [5.41, 5.74) is 0.907. The van der Waals surface area contributed by atoms with Gasteiger partial charge in [0.25, 0.3) is 0 Å². The zero-order valence-electron chi connectivity index (χ0n) is 8.98. The number of hydrogen-bond donors (Lipinski definition) is 0. The van der Waals surface area contributed by atoms with Gasteiger partial charge >= 0.3 is 0 Å². The number of aromatic nitrogens is 2. The van der Waals surface area contributed by atoms with E-state index in [1.807, 2.05) is 32.0 Å². The standard InChI is InChI=1S/C11H11ClN2OS/c1-7-11(16-14-13-7)8(2)15-10-6-4-3-5-9(10)12/h3-6,8H,1-2H3. The maximum atomic E-state index is 6.02. The summed E-state index contributed by atoms with van der Waals surface area (Å²) in [5, 5.41) is 4.57. The van der Waals surface area contributed by atoms with Gasteiger partial charge in [0.15, 0.2) is 0 Å². The van der Waals surface area contributed by atoms with Crippen LogP contribution in [0.5, 0.6) is 5.75 Å². The molecule has 3 nitrogen and oxygen atoms in total. The molecule has 1 aromatic heterocycles. The first-order chi connectivity index (χ1) is 7.68. The summed E-state index contributed by atoms with van der Waals surface area (Å²) in [5.74, 6) is 0.685. The molecule has 1 aromatic carbocycles. The lowest BCUT2D eigenvalue weighted by Crippen LogP contribution is -2.02. The van der Waals surface area contributed by atoms with Crippen LogP contribution in [0.3, 0.4) is 0 Å². The number of benzene rings is 1. The zero-order valence-corrected chi connectivity index (χ0v) is 10.5. The van der Waals surface area contributed by atoms with Crippen LogP contribution in [0, 0.1) is 6.92 Å². The van der Waals surface area contributed by atoms with Crippen LogP contribution in [0.15, 0.2) is 24.3 Å². The third kappa shape index (κ3) is 2.33. The van der Waals surface area contributed by atoms with Crippen molar-refractivity contribution in [2.24, 2.45) is 0 Å². The second kappa shape index (κ2) is 4.80. The fraction of sp³-hybridized carbons (Fsp3) is 0.273. The Morgan fingerprint density at radius 1 is 1.38 bits per heavy atom. The zero-order chi connectivity index (χ0) is 11.5. The van der Waals surface area contributed by atoms with Crippen molar-refractivity contribution in [2.45, 2.75) is 20.0 Å². The van der Waals surface area contributed by atoms with E-state index in [1.165, 1.54) is 11.5 Å². The van der Waals surface area contributed by atoms with Crippen molar-refractivity contribution in [3.63, 3.8) is 0 Å². The van der Waals surface area contributed by atoms with E-state index in [1.54, 1.807) is 6.07 Å². The van der Waals surface area contributed by atoms with Crippen LogP contribution in [-0.2, 0) is 0 Å². The average Bonchev–Trinajstić information content (AvgIpc) is 2.68. The number of aryl methyl sites for hydroxylation is 1. The summed E-state index contributed by atoms with van der Waals surface area (Å²) >= 11 is 7.37. The summed E-state index contributed by atoms with van der Waals surface area (Å²) in [6.07, 6.45) is -0.0834. The number of ether oxygens (including phenoxy) is 1. The topological polar surface area (TPSA) is 35.0 Å². The summed E-state index contributed by atoms with van der Waals surface area (Å²) in [6.45, 7) is 3.89. The van der Waals surface area contributed by atoms with Crippen LogP contribution in [0.25, 0.3) is 0 Å². The van der Waals surface area contributed by atoms with Gasteiger partial charge in [-0.15, -0.1) is 5.10 Å². The normalized spacial score (nSPS) is 12.4. The van der Waals surface area contributed by atoms with Gasteiger partial charge in [0.1, 0.15) is 11.9 Å². The maximum Gasteiger partial charge on any atom is 0.138 e. The number of rotatable bonds is 3. The highest BCUT2D eigenvalue weighted by Gasteiger charge is 2.14. The Morgan fingerprint density at radius 2 is 2.12 bits per heavy atom. The molecule has 0 aliphatic carbocycles. The molecule has 0 aliphatic rings. The second-order valence-corrected chi connectivity index (χ2v) is 4.61. The minimum Gasteiger partial charge on any atom is -0.483 e. The fourth-order valence-corrected chi connectivity index (χ4v) is 2.19. The lowest BCUT2D eigenvalue weighted by atomic mass is 10.3. The number of para-hydroxylation sites is 1. The number of hydrogen-bond acceptors (Lipinski definition) is 4. The van der Waals surface area contributed by atoms with E-state index < -0.39 is 0 Å². The van der Waals surface area contributed by atoms with Gasteiger partial charge in [-0.1, -0.05) is 28.2 Å². The highest BCUT2D eigenvalue weighted by atomic mass is 35.5. The molecule has 2 aromatic rings. The minimum atomic E-state index is -0.0834. The van der Waals surface area contributed by atoms with Crippen LogP contribution in [-0.4, -0.2) is 9.59 Å². The first kappa shape index (κ1) is 11.4. The lowest BCUT2D eigenvalue weighted by Gasteiger charge is -2.14. The molecule has 1 atom stereocenters. The number of nitrogens with zero attached hydrogens (tertiary/aromatic N) is 2. The van der Waals surface area contributed by atoms with Crippen LogP contribution in [0.1, 0.15) is 23.6 Å². The van der Waals surface area contributed by atoms with Gasteiger partial charge in [0.2, 0.25) is 0 Å². The summed E-state index contributed by atoms with van der Waals surface area (Å²) in [7, 11) is 0. The van der Waals surface area contributed by atoms with Crippen LogP contribution in [0.4, 0.5) is 0 Å². The quantitative estimate of drug-likeness (QED) is 0.839. The highest BCUT2D eigenvalue weighted by molar-refractivity contribution is 7.05. The molecule has 2 rings (SSSR count). The molecule has 0 N–H and O–H groups in total. The van der Waals surface area contributed by atoms with Crippen LogP contribution in [0.2, 0.25) is 5.02 Å². The molecule has 16 heavy (non-hydrogen) atoms. The van der Waals surface area contributed by atoms with Crippen molar-refractivity contribution in [1.29, 1.82) is 0 Å². The van der Waals surface area contributed by atoms with Crippen LogP contribution < -0.4 is 4.74 Å². The Balaban J connectivity index is 2.17. The predicted octanol–water partition coefficient (Wildman–Crippen LogP) is 3.64. The average molecular weight is 255 g/mol. The summed E-state index contributed by atoms with van der Waals surface area (Å²) in [4.78, 5) is 1.03. The Bertz CT molecular complexity index is 486. The first-order valence-electron chi connectivity index (χ1n) is 4.88. The van der Waals surface area contributed by atoms with E-state index in [-0.39, 0.29) is 6.10 Å². The molecule has 0 saturated heterocycles. The third-order valence-corrected chi connectivity index (χ3v) is 3.50. The SMILES string of the molecule is Cc1nnsc1C(C)Oc1ccccc1Cl. The molecule has 5 heteroatoms. The van der Waals surface area contributed by atoms with E-state index in [0.29, 0.717) is 10.8 Å². The Kier molecular flexibility index (Phi) is 3.41. The molecule has 84 valence electrons. The van der Waals surface area contributed by atoms with Crippen molar-refractivity contribution in [1.82, 2.24) is 9.59 Å². The Morgan fingerprint density at radius 3 is 2.75 bits per heavy atom. The highest BCUT2D eigenvalue weighted by Crippen LogP contribution is 2.30. The summed E-state index contributed by atoms with van der Waals surface area (Å²) < 4.78 is 9.65. The van der Waals surface area contributed by atoms with E-state index >= 15 is 0 Å². The molecule has 0 amide bonds. The van der Waals surface area contributed by atoms with Crippen molar-refractivity contribution in [3.8, 4) is 5.75 Å². The molecule has 0 bridgehead atoms. The largest absolute Gasteiger partial charge is 0.483 e. The van der Waals surface area contributed by atoms with Gasteiger partial charge in [0.05, 0.1) is 15.6 Å². The molecular weight excluding hydrogens is 244 g/mol. The predicted molar refractivity (Wildman–Crippen MR) is 65.1 cm³/mol. The van der Waals surface area contributed by atoms with Gasteiger partial charge in [-0.2, -0.15) is 0 Å². The second-order valence-electron chi connectivity index (χ2n) is 3.41. The maximum absolute atomic E-state index is 6.02. The van der Waals surface area contributed by atoms with E-state index in [2.05, 4.69) is 9.59 Å². The molecule has 0 spiro atoms. The van der Waals surface area contributed by atoms with Gasteiger partial charge in [-0.05, 0) is 37.5 Å². The Labute approximate surface area is 103 Å². The smallest absolute Gasteiger partial charge is 0.138 e. The summed E-state index contributed by atoms with van der Waals surface area (Å²) in [6, 6.07) is 7.43. The molecular formula is C11H11ClN2OS. The van der Waals surface area contributed by atoms with Gasteiger partial charge in [-0.25, -0.2) is 0 Å². The van der Waals surface area contributed by atoms with Crippen LogP contribution >= 0.6 is 23.1 Å². The van der Waals surface area contributed by atoms with Crippen molar-refractivity contribution in [3.05, 3.63) is 39.9 Å². The molecule has 0 aliphatic heterocycles. The van der Waals surface area contributed by atoms with E-state index in [0.717, 1.165) is 10.6 Å². The first-order valence-corrected chi connectivity index (χ1v) is 6.03. The molecule has 0 fully saturated rings. The molecule has 0 radical (unpaired) electrons. The van der Waals surface area contributed by atoms with Crippen molar-refractivity contribution >= 4 is 23.1 Å². The van der Waals surface area contributed by atoms with Crippen molar-refractivity contribution < 1.29 is 4.74 Å². The molecule has 0 saturated carbocycles.